The SMILES string of the molecule is COc1ccc(NC(=O)N2C[C@@H](O)[C@@H](O)CN3[C@H](CN(C)C)[C@H](c4ccc(C#Cc5ccccc5)cc4)[C@@H]3C2)cc1.COc1ccc(NC(=O)N2C[C@H]3OC(C)(C)O[C@H]3CN3[C@H](CN(C)C)[C@H](c4ccc(C#Cc5ccccc5)cc4)[C@@H]3C2)cc1.COc1ccc(NC(=O)N2C[C@H]3OC(C)(C)O[C@H]3CN3[C@H](CN)[C@H](c4ccc(C#Cc5ccccc5)cc4)[C@@H]3C2)cc1. The Morgan fingerprint density at radius 1 is 0.362 bits per heavy atom. The average molecular weight is 1720 g/mol. The summed E-state index contributed by atoms with van der Waals surface area (Å²) in [6.07, 6.45) is -2.75. The average Bonchev–Trinajstić information content (AvgIpc) is 1.60. The Hall–Kier alpha value is -11.6. The first-order valence-corrected chi connectivity index (χ1v) is 43.8. The van der Waals surface area contributed by atoms with E-state index in [-0.39, 0.29) is 103 Å². The number of β-amino-alcohol motifs (C(OH)–C–C–N with tert-alkyl or cyclic N) is 1. The number of urea groups is 3. The molecule has 24 heteroatoms. The van der Waals surface area contributed by atoms with E-state index in [9.17, 15) is 24.6 Å². The number of nitrogens with one attached hydrogen (secondary N) is 3. The summed E-state index contributed by atoms with van der Waals surface area (Å²) < 4.78 is 41.1. The molecule has 0 radical (unpaired) electrons. The molecule has 8 heterocycles. The highest BCUT2D eigenvalue weighted by Crippen LogP contribution is 2.48. The molecule has 127 heavy (non-hydrogen) atoms. The van der Waals surface area contributed by atoms with E-state index in [4.69, 9.17) is 38.9 Å². The molecule has 8 aliphatic heterocycles. The minimum Gasteiger partial charge on any atom is -0.497 e. The number of carbonyl (C=O) groups is 3. The molecule has 17 rings (SSSR count). The van der Waals surface area contributed by atoms with E-state index >= 15 is 0 Å². The Balaban J connectivity index is 0.000000147. The summed E-state index contributed by atoms with van der Waals surface area (Å²) in [5.74, 6) is 20.8. The highest BCUT2D eigenvalue weighted by molar-refractivity contribution is 5.91. The van der Waals surface area contributed by atoms with Crippen LogP contribution < -0.4 is 35.9 Å². The molecule has 0 bridgehead atoms. The van der Waals surface area contributed by atoms with Gasteiger partial charge in [-0.1, -0.05) is 127 Å². The number of carbonyl (C=O) groups excluding carboxylic acids is 3. The lowest BCUT2D eigenvalue weighted by atomic mass is 9.73. The Morgan fingerprint density at radius 2 is 0.622 bits per heavy atom. The molecule has 8 saturated heterocycles. The van der Waals surface area contributed by atoms with E-state index in [2.05, 4.69) is 163 Å². The van der Waals surface area contributed by atoms with Gasteiger partial charge in [0.05, 0.1) is 53.2 Å². The van der Waals surface area contributed by atoms with Crippen molar-refractivity contribution in [2.24, 2.45) is 5.73 Å². The predicted octanol–water partition coefficient (Wildman–Crippen LogP) is 12.2. The maximum Gasteiger partial charge on any atom is 0.321 e. The molecule has 7 N–H and O–H groups in total. The van der Waals surface area contributed by atoms with Gasteiger partial charge in [0.25, 0.3) is 0 Å². The summed E-state index contributed by atoms with van der Waals surface area (Å²) in [7, 11) is 13.2. The molecule has 24 nitrogen and oxygen atoms in total. The molecular weight excluding hydrogens is 1600 g/mol. The Labute approximate surface area is 747 Å². The fraction of sp³-hybridized carbons (Fsp3) is 0.388. The van der Waals surface area contributed by atoms with E-state index in [1.54, 1.807) is 50.5 Å². The zero-order valence-corrected chi connectivity index (χ0v) is 74.3. The molecule has 0 saturated carbocycles. The van der Waals surface area contributed by atoms with Crippen LogP contribution in [-0.2, 0) is 18.9 Å². The van der Waals surface area contributed by atoms with E-state index in [0.717, 1.165) is 70.2 Å². The molecular formula is C103H118N12O12. The normalized spacial score (nSPS) is 25.5. The van der Waals surface area contributed by atoms with Crippen LogP contribution in [0.25, 0.3) is 0 Å². The van der Waals surface area contributed by atoms with Gasteiger partial charge in [-0.25, -0.2) is 14.4 Å². The minimum absolute atomic E-state index is 0.00929. The van der Waals surface area contributed by atoms with Crippen LogP contribution in [0.3, 0.4) is 0 Å². The van der Waals surface area contributed by atoms with Crippen molar-refractivity contribution < 1.29 is 57.8 Å². The smallest absolute Gasteiger partial charge is 0.321 e. The molecule has 0 aromatic heterocycles. The molecule has 662 valence electrons. The third-order valence-corrected chi connectivity index (χ3v) is 25.2. The zero-order valence-electron chi connectivity index (χ0n) is 74.3. The van der Waals surface area contributed by atoms with Crippen molar-refractivity contribution in [3.8, 4) is 52.8 Å². The second-order valence-electron chi connectivity index (χ2n) is 35.3. The maximum atomic E-state index is 13.8. The van der Waals surface area contributed by atoms with Gasteiger partial charge in [-0.15, -0.1) is 0 Å². The molecule has 8 aliphatic rings. The molecule has 0 unspecified atom stereocenters. The second-order valence-corrected chi connectivity index (χ2v) is 35.3. The number of aliphatic hydroxyl groups excluding tert-OH is 2. The number of benzene rings is 9. The Morgan fingerprint density at radius 3 is 0.913 bits per heavy atom. The lowest BCUT2D eigenvalue weighted by Crippen LogP contribution is -2.71. The Kier molecular flexibility index (Phi) is 28.8. The van der Waals surface area contributed by atoms with E-state index in [1.165, 1.54) is 16.7 Å². The number of anilines is 3. The fourth-order valence-corrected chi connectivity index (χ4v) is 19.1. The van der Waals surface area contributed by atoms with Gasteiger partial charge in [-0.2, -0.15) is 0 Å². The van der Waals surface area contributed by atoms with Gasteiger partial charge in [0.2, 0.25) is 0 Å². The number of hydrogen-bond acceptors (Lipinski definition) is 18. The number of amides is 6. The number of rotatable bonds is 14. The van der Waals surface area contributed by atoms with Gasteiger partial charge >= 0.3 is 18.1 Å². The molecule has 0 spiro atoms. The van der Waals surface area contributed by atoms with Crippen molar-refractivity contribution in [1.82, 2.24) is 39.2 Å². The number of fused-ring (bicyclic) bond motifs is 5. The molecule has 9 aromatic carbocycles. The number of nitrogens with two attached hydrogens (primary N) is 1. The second kappa shape index (κ2) is 40.6. The molecule has 0 aliphatic carbocycles. The highest BCUT2D eigenvalue weighted by Gasteiger charge is 2.58. The van der Waals surface area contributed by atoms with Crippen LogP contribution in [0.2, 0.25) is 0 Å². The lowest BCUT2D eigenvalue weighted by molar-refractivity contribution is -0.150. The van der Waals surface area contributed by atoms with Crippen LogP contribution in [0.1, 0.15) is 95.5 Å². The summed E-state index contributed by atoms with van der Waals surface area (Å²) in [4.78, 5) is 57.8. The molecule has 8 fully saturated rings. The molecule has 9 aromatic rings. The number of aliphatic hydroxyl groups is 2. The van der Waals surface area contributed by atoms with Gasteiger partial charge in [0, 0.05) is 163 Å². The maximum absolute atomic E-state index is 13.8. The third kappa shape index (κ3) is 22.2. The first kappa shape index (κ1) is 90.2. The molecule has 6 amide bonds. The van der Waals surface area contributed by atoms with E-state index in [0.29, 0.717) is 69.5 Å². The summed E-state index contributed by atoms with van der Waals surface area (Å²) in [5.41, 5.74) is 17.9. The van der Waals surface area contributed by atoms with Crippen molar-refractivity contribution >= 4 is 35.2 Å². The summed E-state index contributed by atoms with van der Waals surface area (Å²) in [6, 6.07) is 77.4. The number of likely N-dealkylation sites (N-methyl/N-ethyl adjacent to an activating group) is 2. The van der Waals surface area contributed by atoms with Crippen molar-refractivity contribution in [1.29, 1.82) is 0 Å². The number of nitrogens with zero attached hydrogens (tertiary/aromatic N) is 8. The fourth-order valence-electron chi connectivity index (χ4n) is 19.1. The summed E-state index contributed by atoms with van der Waals surface area (Å²) in [5, 5.41) is 30.7. The van der Waals surface area contributed by atoms with Crippen LogP contribution >= 0.6 is 0 Å². The van der Waals surface area contributed by atoms with Crippen LogP contribution in [0.4, 0.5) is 31.4 Å². The van der Waals surface area contributed by atoms with E-state index < -0.39 is 23.8 Å². The van der Waals surface area contributed by atoms with Crippen LogP contribution in [-0.4, -0.2) is 280 Å². The van der Waals surface area contributed by atoms with Gasteiger partial charge in [0.15, 0.2) is 11.6 Å². The van der Waals surface area contributed by atoms with Crippen LogP contribution in [0.15, 0.2) is 237 Å². The zero-order chi connectivity index (χ0) is 89.0. The standard InChI is InChI=1S/C36H42N4O4.C34H38N4O4.C33H38N4O4/c1-36(2)43-32-23-39(35(41)37-28-17-19-29(42-5)20-18-28)22-31-34(30(21-38(3)4)40(31)24-33(32)44-36)27-15-13-26(14-16-27)12-11-25-9-7-6-8-10-25;1-34(2)41-30-21-37(33(39)36-26-15-17-27(40-3)18-16-26)20-29-32(28(19-35)38(29)22-31(30)42-34)25-13-11-24(12-14-25)10-9-23-7-5-4-6-8-23;1-35(2)19-28-32(25-13-11-24(12-14-25)10-9-23-7-5-4-6-8-23)29-20-36(21-30(38)31(39)22-37(28)29)33(40)34-26-15-17-27(41-3)18-16-26/h6-10,13-20,30-34H,21-24H2,1-5H3,(H,37,41);4-8,11-18,28-32H,19-22,35H2,1-3H3,(H,36,39);4-8,11-18,28-32,38-39H,19-22H2,1-3H3,(H,34,40)/t30-,31+,32-,33+,34+;2*28-,29+,30-,31+,32+/m111/s1. The highest BCUT2D eigenvalue weighted by atomic mass is 16.8. The topological polar surface area (TPSA) is 244 Å². The lowest BCUT2D eigenvalue weighted by Gasteiger charge is -2.59. The van der Waals surface area contributed by atoms with Crippen molar-refractivity contribution in [3.63, 3.8) is 0 Å². The van der Waals surface area contributed by atoms with Crippen LogP contribution in [0, 0.1) is 35.5 Å². The summed E-state index contributed by atoms with van der Waals surface area (Å²) >= 11 is 0. The third-order valence-electron chi connectivity index (χ3n) is 25.2. The monoisotopic (exact) mass is 1710 g/mol. The minimum atomic E-state index is -1.04. The van der Waals surface area contributed by atoms with Gasteiger partial charge in [0.1, 0.15) is 41.7 Å². The summed E-state index contributed by atoms with van der Waals surface area (Å²) in [6.45, 7) is 14.3. The number of methoxy groups -OCH3 is 3. The first-order valence-electron chi connectivity index (χ1n) is 43.8. The van der Waals surface area contributed by atoms with E-state index in [1.807, 2.05) is 191 Å². The number of hydrogen-bond donors (Lipinski definition) is 6. The largest absolute Gasteiger partial charge is 0.497 e. The first-order chi connectivity index (χ1) is 61.3. The van der Waals surface area contributed by atoms with Gasteiger partial charge in [-0.3, -0.25) is 14.7 Å². The van der Waals surface area contributed by atoms with Crippen LogP contribution in [0.5, 0.6) is 17.2 Å². The van der Waals surface area contributed by atoms with Crippen molar-refractivity contribution in [2.75, 3.05) is 144 Å². The van der Waals surface area contributed by atoms with Gasteiger partial charge in [-0.05, 0) is 218 Å². The quantitative estimate of drug-likeness (QED) is 0.0554. The van der Waals surface area contributed by atoms with Crippen molar-refractivity contribution in [2.45, 2.75) is 130 Å². The van der Waals surface area contributed by atoms with Crippen molar-refractivity contribution in [3.05, 3.63) is 287 Å². The number of ether oxygens (including phenoxy) is 7. The molecule has 15 atom stereocenters. The Bertz CT molecular complexity index is 5380. The van der Waals surface area contributed by atoms with Gasteiger partial charge < -0.3 is 89.6 Å². The predicted molar refractivity (Wildman–Crippen MR) is 494 cm³/mol.